The summed E-state index contributed by atoms with van der Waals surface area (Å²) in [5.74, 6) is 1.66. The molecule has 0 aliphatic heterocycles. The first-order valence-electron chi connectivity index (χ1n) is 4.61. The average Bonchev–Trinajstić information content (AvgIpc) is 2.10. The topological polar surface area (TPSA) is 32.3 Å². The summed E-state index contributed by atoms with van der Waals surface area (Å²) in [5, 5.41) is 12.1. The van der Waals surface area contributed by atoms with Gasteiger partial charge in [-0.3, -0.25) is 0 Å². The number of aliphatic hydroxyl groups is 1. The number of unbranched alkanes of at least 4 members (excludes halogenated alkanes) is 1. The Morgan fingerprint density at radius 2 is 2.17 bits per heavy atom. The number of hydrogen-bond donors (Lipinski definition) is 2. The molecule has 0 heterocycles. The average molecular weight is 191 g/mol. The molecule has 1 atom stereocenters. The normalized spacial score (nSPS) is 13.2. The fourth-order valence-corrected chi connectivity index (χ4v) is 1.40. The highest BCUT2D eigenvalue weighted by atomic mass is 32.2. The van der Waals surface area contributed by atoms with E-state index in [0.29, 0.717) is 5.92 Å². The molecule has 0 saturated heterocycles. The van der Waals surface area contributed by atoms with Gasteiger partial charge in [0.1, 0.15) is 0 Å². The standard InChI is InChI=1S/C9H21NOS/c1-9(8-11)7-10-5-3-4-6-12-2/h9-11H,3-8H2,1-2H3. The van der Waals surface area contributed by atoms with E-state index in [-0.39, 0.29) is 6.61 Å². The van der Waals surface area contributed by atoms with Crippen molar-refractivity contribution >= 4 is 11.8 Å². The van der Waals surface area contributed by atoms with Gasteiger partial charge in [0.15, 0.2) is 0 Å². The predicted molar refractivity (Wildman–Crippen MR) is 56.7 cm³/mol. The van der Waals surface area contributed by atoms with Crippen molar-refractivity contribution in [3.8, 4) is 0 Å². The van der Waals surface area contributed by atoms with Crippen LogP contribution in [0.2, 0.25) is 0 Å². The van der Waals surface area contributed by atoms with Gasteiger partial charge in [-0.2, -0.15) is 11.8 Å². The van der Waals surface area contributed by atoms with E-state index in [1.807, 2.05) is 11.8 Å². The van der Waals surface area contributed by atoms with Gasteiger partial charge < -0.3 is 10.4 Å². The molecule has 0 radical (unpaired) electrons. The maximum absolute atomic E-state index is 8.73. The van der Waals surface area contributed by atoms with Gasteiger partial charge in [0.2, 0.25) is 0 Å². The Morgan fingerprint density at radius 3 is 2.75 bits per heavy atom. The van der Waals surface area contributed by atoms with Crippen LogP contribution in [0.5, 0.6) is 0 Å². The monoisotopic (exact) mass is 191 g/mol. The molecule has 0 aromatic rings. The van der Waals surface area contributed by atoms with E-state index in [1.165, 1.54) is 18.6 Å². The number of nitrogens with one attached hydrogen (secondary N) is 1. The highest BCUT2D eigenvalue weighted by Crippen LogP contribution is 1.98. The Kier molecular flexibility index (Phi) is 9.57. The van der Waals surface area contributed by atoms with Crippen molar-refractivity contribution in [3.63, 3.8) is 0 Å². The van der Waals surface area contributed by atoms with Crippen molar-refractivity contribution < 1.29 is 5.11 Å². The zero-order valence-electron chi connectivity index (χ0n) is 8.18. The molecular weight excluding hydrogens is 170 g/mol. The summed E-state index contributed by atoms with van der Waals surface area (Å²) in [4.78, 5) is 0. The van der Waals surface area contributed by atoms with E-state index in [4.69, 9.17) is 5.11 Å². The van der Waals surface area contributed by atoms with Gasteiger partial charge in [0.25, 0.3) is 0 Å². The minimum atomic E-state index is 0.289. The third kappa shape index (κ3) is 8.37. The molecule has 0 saturated carbocycles. The van der Waals surface area contributed by atoms with Crippen molar-refractivity contribution in [1.82, 2.24) is 5.32 Å². The van der Waals surface area contributed by atoms with Crippen LogP contribution in [0, 0.1) is 5.92 Å². The van der Waals surface area contributed by atoms with E-state index < -0.39 is 0 Å². The van der Waals surface area contributed by atoms with Crippen molar-refractivity contribution in [1.29, 1.82) is 0 Å². The molecule has 1 unspecified atom stereocenters. The molecule has 12 heavy (non-hydrogen) atoms. The van der Waals surface area contributed by atoms with Gasteiger partial charge in [-0.15, -0.1) is 0 Å². The zero-order valence-corrected chi connectivity index (χ0v) is 8.99. The molecule has 0 spiro atoms. The lowest BCUT2D eigenvalue weighted by molar-refractivity contribution is 0.234. The van der Waals surface area contributed by atoms with Gasteiger partial charge in [0.05, 0.1) is 0 Å². The molecule has 0 fully saturated rings. The molecule has 0 aliphatic carbocycles. The highest BCUT2D eigenvalue weighted by Gasteiger charge is 1.97. The second kappa shape index (κ2) is 9.36. The Morgan fingerprint density at radius 1 is 1.42 bits per heavy atom. The summed E-state index contributed by atoms with van der Waals surface area (Å²) >= 11 is 1.90. The minimum Gasteiger partial charge on any atom is -0.396 e. The molecule has 74 valence electrons. The van der Waals surface area contributed by atoms with Crippen molar-refractivity contribution in [2.45, 2.75) is 19.8 Å². The van der Waals surface area contributed by atoms with E-state index in [0.717, 1.165) is 13.1 Å². The molecule has 0 aromatic heterocycles. The second-order valence-corrected chi connectivity index (χ2v) is 4.18. The van der Waals surface area contributed by atoms with E-state index in [1.54, 1.807) is 0 Å². The van der Waals surface area contributed by atoms with E-state index in [2.05, 4.69) is 18.5 Å². The summed E-state index contributed by atoms with van der Waals surface area (Å²) in [6.45, 7) is 4.37. The number of hydrogen-bond acceptors (Lipinski definition) is 3. The fraction of sp³-hybridized carbons (Fsp3) is 1.00. The minimum absolute atomic E-state index is 0.289. The number of aliphatic hydroxyl groups excluding tert-OH is 1. The van der Waals surface area contributed by atoms with Crippen molar-refractivity contribution in [2.24, 2.45) is 5.92 Å². The fourth-order valence-electron chi connectivity index (χ4n) is 0.909. The van der Waals surface area contributed by atoms with E-state index in [9.17, 15) is 0 Å². The molecule has 0 aromatic carbocycles. The summed E-state index contributed by atoms with van der Waals surface area (Å²) in [6, 6.07) is 0. The SMILES string of the molecule is CSCCCCNCC(C)CO. The Balaban J connectivity index is 2.90. The van der Waals surface area contributed by atoms with Crippen LogP contribution < -0.4 is 5.32 Å². The smallest absolute Gasteiger partial charge is 0.0468 e. The molecule has 2 nitrogen and oxygen atoms in total. The third-order valence-electron chi connectivity index (χ3n) is 1.76. The van der Waals surface area contributed by atoms with Gasteiger partial charge in [-0.25, -0.2) is 0 Å². The largest absolute Gasteiger partial charge is 0.396 e. The second-order valence-electron chi connectivity index (χ2n) is 3.19. The van der Waals surface area contributed by atoms with Crippen LogP contribution in [-0.2, 0) is 0 Å². The zero-order chi connectivity index (χ0) is 9.23. The Labute approximate surface area is 80.1 Å². The highest BCUT2D eigenvalue weighted by molar-refractivity contribution is 7.98. The summed E-state index contributed by atoms with van der Waals surface area (Å²) in [5.41, 5.74) is 0. The summed E-state index contributed by atoms with van der Waals surface area (Å²) < 4.78 is 0. The third-order valence-corrected chi connectivity index (χ3v) is 2.45. The Hall–Kier alpha value is 0.270. The lowest BCUT2D eigenvalue weighted by Crippen LogP contribution is -2.24. The van der Waals surface area contributed by atoms with Crippen LogP contribution in [-0.4, -0.2) is 36.8 Å². The Bertz CT molecular complexity index is 90.6. The molecule has 0 bridgehead atoms. The summed E-state index contributed by atoms with van der Waals surface area (Å²) in [7, 11) is 0. The van der Waals surface area contributed by atoms with Gasteiger partial charge >= 0.3 is 0 Å². The van der Waals surface area contributed by atoms with Crippen LogP contribution in [0.1, 0.15) is 19.8 Å². The first kappa shape index (κ1) is 12.3. The molecule has 0 aliphatic rings. The van der Waals surface area contributed by atoms with Crippen LogP contribution in [0.15, 0.2) is 0 Å². The first-order valence-corrected chi connectivity index (χ1v) is 6.01. The predicted octanol–water partition coefficient (Wildman–Crippen LogP) is 1.35. The quantitative estimate of drug-likeness (QED) is 0.568. The number of rotatable bonds is 8. The number of thioether (sulfide) groups is 1. The lowest BCUT2D eigenvalue weighted by atomic mass is 10.2. The van der Waals surface area contributed by atoms with Gasteiger partial charge in [-0.1, -0.05) is 6.92 Å². The molecule has 0 amide bonds. The van der Waals surface area contributed by atoms with Crippen molar-refractivity contribution in [3.05, 3.63) is 0 Å². The molecule has 3 heteroatoms. The molecular formula is C9H21NOS. The van der Waals surface area contributed by atoms with Crippen LogP contribution in [0.25, 0.3) is 0 Å². The van der Waals surface area contributed by atoms with Crippen LogP contribution in [0.3, 0.4) is 0 Å². The summed E-state index contributed by atoms with van der Waals surface area (Å²) in [6.07, 6.45) is 4.68. The van der Waals surface area contributed by atoms with E-state index >= 15 is 0 Å². The van der Waals surface area contributed by atoms with Gasteiger partial charge in [0, 0.05) is 6.61 Å². The maximum Gasteiger partial charge on any atom is 0.0468 e. The lowest BCUT2D eigenvalue weighted by Gasteiger charge is -2.08. The van der Waals surface area contributed by atoms with Crippen LogP contribution >= 0.6 is 11.8 Å². The van der Waals surface area contributed by atoms with Gasteiger partial charge in [-0.05, 0) is 43.9 Å². The molecule has 0 rings (SSSR count). The van der Waals surface area contributed by atoms with Crippen LogP contribution in [0.4, 0.5) is 0 Å². The maximum atomic E-state index is 8.73. The van der Waals surface area contributed by atoms with Crippen molar-refractivity contribution in [2.75, 3.05) is 31.7 Å². The molecule has 2 N–H and O–H groups in total. The first-order chi connectivity index (χ1) is 5.81.